The highest BCUT2D eigenvalue weighted by Crippen LogP contribution is 2.53. The van der Waals surface area contributed by atoms with Gasteiger partial charge in [0.05, 0.1) is 33.4 Å². The number of ether oxygens (including phenoxy) is 5. The Morgan fingerprint density at radius 3 is 2.28 bits per heavy atom. The van der Waals surface area contributed by atoms with Crippen molar-refractivity contribution in [2.24, 2.45) is 11.8 Å². The first-order valence-electron chi connectivity index (χ1n) is 13.5. The average molecular weight is 540 g/mol. The summed E-state index contributed by atoms with van der Waals surface area (Å²) in [5.74, 6) is 0.0986. The van der Waals surface area contributed by atoms with Gasteiger partial charge in [0.25, 0.3) is 0 Å². The van der Waals surface area contributed by atoms with Crippen molar-refractivity contribution in [3.05, 3.63) is 52.6 Å². The van der Waals surface area contributed by atoms with Crippen LogP contribution in [0.4, 0.5) is 0 Å². The van der Waals surface area contributed by atoms with Crippen LogP contribution in [0.3, 0.4) is 0 Å². The normalized spacial score (nSPS) is 23.5. The van der Waals surface area contributed by atoms with E-state index in [0.717, 1.165) is 30.4 Å². The van der Waals surface area contributed by atoms with E-state index in [1.807, 2.05) is 18.2 Å². The summed E-state index contributed by atoms with van der Waals surface area (Å²) in [6.07, 6.45) is 6.52. The molecular formula is C30H37NO8. The number of benzene rings is 2. The van der Waals surface area contributed by atoms with Crippen molar-refractivity contribution in [1.29, 1.82) is 0 Å². The number of rotatable bonds is 9. The van der Waals surface area contributed by atoms with Crippen molar-refractivity contribution >= 4 is 5.91 Å². The second kappa shape index (κ2) is 11.8. The summed E-state index contributed by atoms with van der Waals surface area (Å²) in [5, 5.41) is 25.0. The number of carbonyl (C=O) groups excluding carboxylic acids is 1. The molecule has 210 valence electrons. The molecule has 0 saturated carbocycles. The van der Waals surface area contributed by atoms with Gasteiger partial charge in [-0.05, 0) is 73.1 Å². The summed E-state index contributed by atoms with van der Waals surface area (Å²) in [6.45, 7) is 0.191. The molecule has 4 atom stereocenters. The molecular weight excluding hydrogens is 502 g/mol. The van der Waals surface area contributed by atoms with Gasteiger partial charge in [-0.15, -0.1) is 0 Å². The van der Waals surface area contributed by atoms with Gasteiger partial charge >= 0.3 is 0 Å². The van der Waals surface area contributed by atoms with Crippen LogP contribution in [0.5, 0.6) is 28.7 Å². The van der Waals surface area contributed by atoms with E-state index in [-0.39, 0.29) is 19.3 Å². The molecule has 3 aliphatic rings. The summed E-state index contributed by atoms with van der Waals surface area (Å²) >= 11 is 0. The lowest BCUT2D eigenvalue weighted by molar-refractivity contribution is -0.131. The number of amides is 1. The molecule has 0 aromatic heterocycles. The number of methoxy groups -OCH3 is 3. The molecule has 2 aromatic rings. The molecule has 0 radical (unpaired) electrons. The molecule has 9 heteroatoms. The molecule has 2 aliphatic carbocycles. The Morgan fingerprint density at radius 1 is 1.00 bits per heavy atom. The van der Waals surface area contributed by atoms with Crippen LogP contribution in [0, 0.1) is 11.8 Å². The average Bonchev–Trinajstić information content (AvgIpc) is 3.43. The largest absolute Gasteiger partial charge is 0.493 e. The summed E-state index contributed by atoms with van der Waals surface area (Å²) < 4.78 is 28.0. The number of fused-ring (bicyclic) bond motifs is 2. The number of hydrogen-bond acceptors (Lipinski definition) is 8. The highest BCUT2D eigenvalue weighted by atomic mass is 16.7. The first-order valence-corrected chi connectivity index (χ1v) is 13.5. The van der Waals surface area contributed by atoms with Crippen molar-refractivity contribution in [3.8, 4) is 28.7 Å². The fourth-order valence-corrected chi connectivity index (χ4v) is 6.19. The molecule has 0 bridgehead atoms. The van der Waals surface area contributed by atoms with Crippen LogP contribution in [0.25, 0.3) is 0 Å². The molecule has 0 spiro atoms. The lowest BCUT2D eigenvalue weighted by Crippen LogP contribution is -2.45. The quantitative estimate of drug-likeness (QED) is 0.412. The van der Waals surface area contributed by atoms with E-state index in [1.54, 1.807) is 20.3 Å². The van der Waals surface area contributed by atoms with Crippen LogP contribution in [-0.2, 0) is 4.79 Å². The van der Waals surface area contributed by atoms with Crippen LogP contribution < -0.4 is 29.0 Å². The lowest BCUT2D eigenvalue weighted by Gasteiger charge is -2.41. The Balaban J connectivity index is 1.59. The third-order valence-electron chi connectivity index (χ3n) is 8.15. The molecule has 1 amide bonds. The van der Waals surface area contributed by atoms with Gasteiger partial charge in [0.1, 0.15) is 0 Å². The maximum Gasteiger partial charge on any atom is 0.231 e. The first-order chi connectivity index (χ1) is 19.0. The molecule has 2 aromatic carbocycles. The minimum Gasteiger partial charge on any atom is -0.493 e. The van der Waals surface area contributed by atoms with Gasteiger partial charge in [0.2, 0.25) is 18.4 Å². The van der Waals surface area contributed by atoms with Crippen LogP contribution in [-0.4, -0.2) is 57.4 Å². The van der Waals surface area contributed by atoms with E-state index in [9.17, 15) is 15.0 Å². The number of allylic oxidation sites excluding steroid dienone is 1. The minimum absolute atomic E-state index is 0.0758. The van der Waals surface area contributed by atoms with Gasteiger partial charge in [-0.3, -0.25) is 4.79 Å². The van der Waals surface area contributed by atoms with Crippen LogP contribution in [0.2, 0.25) is 0 Å². The number of nitrogens with one attached hydrogen (secondary N) is 1. The van der Waals surface area contributed by atoms with Gasteiger partial charge in [-0.2, -0.15) is 0 Å². The van der Waals surface area contributed by atoms with E-state index in [0.29, 0.717) is 40.9 Å². The molecule has 5 rings (SSSR count). The summed E-state index contributed by atoms with van der Waals surface area (Å²) in [4.78, 5) is 13.9. The third kappa shape index (κ3) is 5.13. The Kier molecular flexibility index (Phi) is 8.18. The fourth-order valence-electron chi connectivity index (χ4n) is 6.19. The van der Waals surface area contributed by atoms with Crippen molar-refractivity contribution < 1.29 is 38.7 Å². The van der Waals surface area contributed by atoms with E-state index < -0.39 is 23.9 Å². The first kappa shape index (κ1) is 27.1. The second-order valence-electron chi connectivity index (χ2n) is 10.2. The van der Waals surface area contributed by atoms with Gasteiger partial charge in [-0.25, -0.2) is 0 Å². The van der Waals surface area contributed by atoms with E-state index >= 15 is 0 Å². The number of carbonyl (C=O) groups is 1. The van der Waals surface area contributed by atoms with E-state index in [2.05, 4.69) is 11.4 Å². The van der Waals surface area contributed by atoms with E-state index in [1.165, 1.54) is 25.5 Å². The zero-order valence-corrected chi connectivity index (χ0v) is 22.7. The molecule has 39 heavy (non-hydrogen) atoms. The monoisotopic (exact) mass is 539 g/mol. The van der Waals surface area contributed by atoms with Gasteiger partial charge in [-0.1, -0.05) is 11.6 Å². The smallest absolute Gasteiger partial charge is 0.231 e. The Hall–Kier alpha value is -3.43. The Morgan fingerprint density at radius 2 is 1.69 bits per heavy atom. The predicted octanol–water partition coefficient (Wildman–Crippen LogP) is 3.85. The standard InChI is InChI=1S/C30H37NO8/c1-35-24-11-18(12-25(36-2)29(24)37-3)26-19-13-22-23(39-16-38-22)14-20(19)28(33)21(15-32)27(26)30(34)31-10-9-17-7-5-4-6-8-17/h7,11-14,21,26-28,32-33H,4-6,8-10,15-16H2,1-3H3,(H,31,34). The highest BCUT2D eigenvalue weighted by molar-refractivity contribution is 5.82. The lowest BCUT2D eigenvalue weighted by atomic mass is 9.64. The number of aliphatic hydroxyl groups is 2. The Labute approximate surface area is 228 Å². The molecule has 1 aliphatic heterocycles. The maximum absolute atomic E-state index is 13.9. The number of aliphatic hydroxyl groups excluding tert-OH is 2. The topological polar surface area (TPSA) is 116 Å². The predicted molar refractivity (Wildman–Crippen MR) is 144 cm³/mol. The molecule has 1 heterocycles. The van der Waals surface area contributed by atoms with Gasteiger partial charge in [0, 0.05) is 25.0 Å². The van der Waals surface area contributed by atoms with Crippen molar-refractivity contribution in [2.45, 2.75) is 44.1 Å². The zero-order valence-electron chi connectivity index (χ0n) is 22.7. The molecule has 4 unspecified atom stereocenters. The van der Waals surface area contributed by atoms with Crippen molar-refractivity contribution in [2.75, 3.05) is 41.3 Å². The van der Waals surface area contributed by atoms with Gasteiger partial charge < -0.3 is 39.2 Å². The summed E-state index contributed by atoms with van der Waals surface area (Å²) in [7, 11) is 4.61. The second-order valence-corrected chi connectivity index (χ2v) is 10.2. The van der Waals surface area contributed by atoms with Crippen molar-refractivity contribution in [3.63, 3.8) is 0 Å². The minimum atomic E-state index is -1.07. The number of hydrogen-bond donors (Lipinski definition) is 3. The fraction of sp³-hybridized carbons (Fsp3) is 0.500. The molecule has 0 saturated heterocycles. The van der Waals surface area contributed by atoms with Gasteiger partial charge in [0.15, 0.2) is 23.0 Å². The van der Waals surface area contributed by atoms with E-state index in [4.69, 9.17) is 23.7 Å². The van der Waals surface area contributed by atoms with Crippen LogP contribution in [0.1, 0.15) is 60.8 Å². The molecule has 0 fully saturated rings. The SMILES string of the molecule is COc1cc(C2c3cc4c(cc3C(O)C(CO)C2C(=O)NCCC2=CCCCC2)OCO4)cc(OC)c1OC. The van der Waals surface area contributed by atoms with Crippen LogP contribution >= 0.6 is 0 Å². The summed E-state index contributed by atoms with van der Waals surface area (Å²) in [6, 6.07) is 7.22. The van der Waals surface area contributed by atoms with Crippen LogP contribution in [0.15, 0.2) is 35.9 Å². The van der Waals surface area contributed by atoms with Crippen molar-refractivity contribution in [1.82, 2.24) is 5.32 Å². The molecule has 9 nitrogen and oxygen atoms in total. The highest BCUT2D eigenvalue weighted by Gasteiger charge is 2.47. The zero-order chi connectivity index (χ0) is 27.5. The third-order valence-corrected chi connectivity index (χ3v) is 8.15. The maximum atomic E-state index is 13.9. The molecule has 3 N–H and O–H groups in total. The summed E-state index contributed by atoms with van der Waals surface area (Å²) in [5.41, 5.74) is 3.41. The Bertz CT molecular complexity index is 1220.